The van der Waals surface area contributed by atoms with E-state index in [9.17, 15) is 49.5 Å². The quantitative estimate of drug-likeness (QED) is 0.328. The molecule has 10 nitrogen and oxygen atoms in total. The number of phenolic OH excluding ortho intramolecular Hbond substituents is 1. The van der Waals surface area contributed by atoms with E-state index in [1.807, 2.05) is 0 Å². The number of fused-ring (bicyclic) bond motifs is 3. The minimum absolute atomic E-state index is 0.228. The van der Waals surface area contributed by atoms with Gasteiger partial charge in [0.2, 0.25) is 0 Å². The van der Waals surface area contributed by atoms with Crippen LogP contribution in [0.15, 0.2) is 18.2 Å². The van der Waals surface area contributed by atoms with Crippen LogP contribution in [0.5, 0.6) is 5.75 Å². The fraction of sp³-hybridized carbons (Fsp3) is 0.476. The fourth-order valence-corrected chi connectivity index (χ4v) is 5.49. The number of hydrogen-bond acceptors (Lipinski definition) is 10. The molecule has 164 valence electrons. The van der Waals surface area contributed by atoms with Gasteiger partial charge in [0.1, 0.15) is 23.1 Å². The molecule has 31 heavy (non-hydrogen) atoms. The molecule has 3 aliphatic carbocycles. The minimum Gasteiger partial charge on any atom is -0.507 e. The lowest BCUT2D eigenvalue weighted by atomic mass is 9.49. The molecule has 1 aromatic carbocycles. The van der Waals surface area contributed by atoms with Crippen LogP contribution < -0.4 is 0 Å². The van der Waals surface area contributed by atoms with Gasteiger partial charge in [0.25, 0.3) is 0 Å². The minimum atomic E-state index is -3.02. The molecule has 0 spiro atoms. The summed E-state index contributed by atoms with van der Waals surface area (Å²) in [7, 11) is 0. The molecule has 2 fully saturated rings. The zero-order valence-electron chi connectivity index (χ0n) is 16.3. The molecule has 0 bridgehead atoms. The van der Waals surface area contributed by atoms with Gasteiger partial charge in [0.15, 0.2) is 28.7 Å². The summed E-state index contributed by atoms with van der Waals surface area (Å²) in [5.74, 6) is -13.6. The second kappa shape index (κ2) is 6.60. The highest BCUT2D eigenvalue weighted by Gasteiger charge is 2.72. The third-order valence-corrected chi connectivity index (χ3v) is 6.95. The molecule has 4 rings (SSSR count). The van der Waals surface area contributed by atoms with Crippen LogP contribution in [-0.4, -0.2) is 72.8 Å². The van der Waals surface area contributed by atoms with Gasteiger partial charge in [-0.2, -0.15) is 0 Å². The topological polar surface area (TPSA) is 186 Å². The molecule has 0 saturated heterocycles. The Morgan fingerprint density at radius 3 is 2.35 bits per heavy atom. The molecule has 10 heteroatoms. The summed E-state index contributed by atoms with van der Waals surface area (Å²) in [5, 5.41) is 53.6. The van der Waals surface area contributed by atoms with Crippen LogP contribution in [0.2, 0.25) is 0 Å². The van der Waals surface area contributed by atoms with E-state index in [4.69, 9.17) is 0 Å². The average molecular weight is 432 g/mol. The smallest absolute Gasteiger partial charge is 0.190 e. The van der Waals surface area contributed by atoms with Gasteiger partial charge in [-0.25, -0.2) is 0 Å². The number of aliphatic hydroxyl groups excluding tert-OH is 2. The van der Waals surface area contributed by atoms with E-state index in [2.05, 4.69) is 0 Å². The molecule has 2 saturated carbocycles. The summed E-state index contributed by atoms with van der Waals surface area (Å²) in [6.07, 6.45) is -2.66. The number of rotatable bonds is 2. The summed E-state index contributed by atoms with van der Waals surface area (Å²) in [6.45, 7) is -0.118. The van der Waals surface area contributed by atoms with Crippen LogP contribution >= 0.6 is 0 Å². The van der Waals surface area contributed by atoms with Gasteiger partial charge in [-0.15, -0.1) is 0 Å². The summed E-state index contributed by atoms with van der Waals surface area (Å²) in [5.41, 5.74) is -6.12. The average Bonchev–Trinajstić information content (AvgIpc) is 2.70. The number of Topliss-reactive ketones (excluding diaryl/α,β-unsaturated/α-hetero) is 5. The highest BCUT2D eigenvalue weighted by atomic mass is 16.3. The van der Waals surface area contributed by atoms with Crippen molar-refractivity contribution in [3.63, 3.8) is 0 Å². The Bertz CT molecular complexity index is 1060. The van der Waals surface area contributed by atoms with Gasteiger partial charge in [-0.1, -0.05) is 12.1 Å². The molecular weight excluding hydrogens is 412 g/mol. The molecule has 0 radical (unpaired) electrons. The first-order valence-electron chi connectivity index (χ1n) is 9.65. The largest absolute Gasteiger partial charge is 0.507 e. The van der Waals surface area contributed by atoms with Crippen molar-refractivity contribution in [3.8, 4) is 5.75 Å². The summed E-state index contributed by atoms with van der Waals surface area (Å²) in [4.78, 5) is 63.7. The zero-order valence-corrected chi connectivity index (χ0v) is 16.3. The lowest BCUT2D eigenvalue weighted by Gasteiger charge is -2.55. The molecule has 3 aliphatic rings. The van der Waals surface area contributed by atoms with Crippen LogP contribution in [0.1, 0.15) is 29.3 Å². The van der Waals surface area contributed by atoms with Crippen LogP contribution in [0.3, 0.4) is 0 Å². The molecule has 7 atom stereocenters. The van der Waals surface area contributed by atoms with Gasteiger partial charge in [0, 0.05) is 23.8 Å². The Morgan fingerprint density at radius 2 is 1.77 bits per heavy atom. The monoisotopic (exact) mass is 432 g/mol. The maximum atomic E-state index is 13.4. The number of carbonyl (C=O) groups is 5. The highest BCUT2D eigenvalue weighted by Crippen LogP contribution is 2.55. The number of phenols is 1. The second-order valence-corrected chi connectivity index (χ2v) is 8.46. The molecule has 5 N–H and O–H groups in total. The van der Waals surface area contributed by atoms with E-state index in [1.54, 1.807) is 0 Å². The first kappa shape index (κ1) is 21.4. The van der Waals surface area contributed by atoms with Crippen molar-refractivity contribution in [2.24, 2.45) is 23.7 Å². The first-order chi connectivity index (χ1) is 14.4. The van der Waals surface area contributed by atoms with Crippen molar-refractivity contribution in [1.82, 2.24) is 0 Å². The van der Waals surface area contributed by atoms with E-state index in [0.717, 1.165) is 13.0 Å². The summed E-state index contributed by atoms with van der Waals surface area (Å²) < 4.78 is 0. The molecular formula is C21H20O10. The Kier molecular flexibility index (Phi) is 4.57. The van der Waals surface area contributed by atoms with Gasteiger partial charge < -0.3 is 25.5 Å². The van der Waals surface area contributed by atoms with E-state index in [1.165, 1.54) is 12.1 Å². The maximum Gasteiger partial charge on any atom is 0.190 e. The summed E-state index contributed by atoms with van der Waals surface area (Å²) in [6, 6.07) is 3.65. The van der Waals surface area contributed by atoms with Crippen molar-refractivity contribution in [3.05, 3.63) is 29.3 Å². The molecule has 1 aromatic rings. The second-order valence-electron chi connectivity index (χ2n) is 8.46. The first-order valence-corrected chi connectivity index (χ1v) is 9.65. The Labute approximate surface area is 175 Å². The van der Waals surface area contributed by atoms with Gasteiger partial charge >= 0.3 is 0 Å². The van der Waals surface area contributed by atoms with Gasteiger partial charge in [-0.3, -0.25) is 24.0 Å². The maximum absolute atomic E-state index is 13.4. The SMILES string of the molecule is CC(=O)C1C(=O)C[C@@H]2[C@@H](O)[C@H]3C(C(=O)c4c(O)cccc4C3(O)CO)C(=O)[C@]2(O)C1=O. The lowest BCUT2D eigenvalue weighted by molar-refractivity contribution is -0.209. The summed E-state index contributed by atoms with van der Waals surface area (Å²) >= 11 is 0. The Morgan fingerprint density at radius 1 is 1.13 bits per heavy atom. The number of hydrogen-bond donors (Lipinski definition) is 5. The number of carbonyl (C=O) groups excluding carboxylic acids is 5. The number of benzene rings is 1. The predicted molar refractivity (Wildman–Crippen MR) is 98.7 cm³/mol. The predicted octanol–water partition coefficient (Wildman–Crippen LogP) is -1.96. The number of ketones is 5. The molecule has 0 aromatic heterocycles. The number of aliphatic hydroxyl groups is 4. The van der Waals surface area contributed by atoms with E-state index >= 15 is 0 Å². The van der Waals surface area contributed by atoms with Gasteiger partial charge in [-0.05, 0) is 13.0 Å². The normalized spacial score (nSPS) is 39.6. The van der Waals surface area contributed by atoms with Crippen LogP contribution in [-0.2, 0) is 24.8 Å². The van der Waals surface area contributed by atoms with Crippen molar-refractivity contribution in [2.75, 3.05) is 6.61 Å². The number of aromatic hydroxyl groups is 1. The van der Waals surface area contributed by atoms with E-state index < -0.39 is 94.2 Å². The van der Waals surface area contributed by atoms with E-state index in [0.29, 0.717) is 0 Å². The van der Waals surface area contributed by atoms with Crippen LogP contribution in [0, 0.1) is 23.7 Å². The fourth-order valence-electron chi connectivity index (χ4n) is 5.49. The Balaban J connectivity index is 1.96. The van der Waals surface area contributed by atoms with Crippen LogP contribution in [0.25, 0.3) is 0 Å². The van der Waals surface area contributed by atoms with Crippen molar-refractivity contribution in [2.45, 2.75) is 30.7 Å². The molecule has 3 unspecified atom stereocenters. The Hall–Kier alpha value is -2.79. The highest BCUT2D eigenvalue weighted by molar-refractivity contribution is 6.31. The third kappa shape index (κ3) is 2.44. The lowest BCUT2D eigenvalue weighted by Crippen LogP contribution is -2.74. The van der Waals surface area contributed by atoms with Crippen LogP contribution in [0.4, 0.5) is 0 Å². The van der Waals surface area contributed by atoms with Crippen molar-refractivity contribution < 1.29 is 49.5 Å². The van der Waals surface area contributed by atoms with Crippen molar-refractivity contribution in [1.29, 1.82) is 0 Å². The molecule has 0 heterocycles. The van der Waals surface area contributed by atoms with E-state index in [-0.39, 0.29) is 5.56 Å². The third-order valence-electron chi connectivity index (χ3n) is 6.95. The molecule has 0 amide bonds. The van der Waals surface area contributed by atoms with Crippen molar-refractivity contribution >= 4 is 28.9 Å². The zero-order chi connectivity index (χ0) is 23.0. The molecule has 0 aliphatic heterocycles. The standard InChI is InChI=1S/C21H20O10/c1-7(23)12-11(25)5-9-16(26)15-14(19(29)21(9,31)18(12)28)17(27)13-8(20(15,30)6-22)3-2-4-10(13)24/h2-4,9,12,14-16,22,24,26,30-31H,5-6H2,1H3/t9-,12?,14?,15-,16-,20?,21-/m1/s1. The van der Waals surface area contributed by atoms with Gasteiger partial charge in [0.05, 0.1) is 24.2 Å².